The first-order valence-electron chi connectivity index (χ1n) is 5.68. The quantitative estimate of drug-likeness (QED) is 0.527. The Labute approximate surface area is 112 Å². The molecule has 1 aromatic carbocycles. The van der Waals surface area contributed by atoms with Gasteiger partial charge in [-0.15, -0.1) is 6.58 Å². The van der Waals surface area contributed by atoms with E-state index >= 15 is 0 Å². The van der Waals surface area contributed by atoms with Crippen LogP contribution in [-0.4, -0.2) is 9.55 Å². The second kappa shape index (κ2) is 5.36. The van der Waals surface area contributed by atoms with Crippen LogP contribution in [0.1, 0.15) is 5.69 Å². The lowest BCUT2D eigenvalue weighted by Gasteiger charge is -2.10. The van der Waals surface area contributed by atoms with Gasteiger partial charge in [0, 0.05) is 18.8 Å². The lowest BCUT2D eigenvalue weighted by atomic mass is 10.2. The zero-order chi connectivity index (χ0) is 14.9. The molecule has 0 aliphatic rings. The third kappa shape index (κ3) is 2.52. The summed E-state index contributed by atoms with van der Waals surface area (Å²) < 4.78 is 54.8. The number of hydrogen-bond acceptors (Lipinski definition) is 2. The summed E-state index contributed by atoms with van der Waals surface area (Å²) in [6, 6.07) is 0.150. The molecule has 0 unspecified atom stereocenters. The standard InChI is InChI=1S/C13H11F4N3/c1-3-4-20-6-7(2)18-13(20)19-12-10(16)8(14)5-9(15)11(12)17/h3,5-6H,1,4H2,2H3,(H,18,19). The Hall–Kier alpha value is -2.31. The second-order valence-corrected chi connectivity index (χ2v) is 4.12. The summed E-state index contributed by atoms with van der Waals surface area (Å²) >= 11 is 0. The number of allylic oxidation sites excluding steroid dienone is 1. The molecule has 2 aromatic rings. The summed E-state index contributed by atoms with van der Waals surface area (Å²) in [5, 5.41) is 2.27. The predicted molar refractivity (Wildman–Crippen MR) is 66.7 cm³/mol. The first-order chi connectivity index (χ1) is 9.43. The van der Waals surface area contributed by atoms with Gasteiger partial charge in [0.15, 0.2) is 23.3 Å². The molecule has 0 aliphatic carbocycles. The first-order valence-corrected chi connectivity index (χ1v) is 5.68. The maximum Gasteiger partial charge on any atom is 0.208 e. The molecule has 0 saturated carbocycles. The molecule has 0 fully saturated rings. The number of hydrogen-bond donors (Lipinski definition) is 1. The normalized spacial score (nSPS) is 10.7. The van der Waals surface area contributed by atoms with Crippen molar-refractivity contribution in [3.05, 3.63) is 53.9 Å². The van der Waals surface area contributed by atoms with Gasteiger partial charge in [-0.2, -0.15) is 0 Å². The number of halogens is 4. The fourth-order valence-corrected chi connectivity index (χ4v) is 1.72. The van der Waals surface area contributed by atoms with Crippen LogP contribution in [0.2, 0.25) is 0 Å². The molecule has 1 aromatic heterocycles. The van der Waals surface area contributed by atoms with E-state index in [-0.39, 0.29) is 12.0 Å². The van der Waals surface area contributed by atoms with E-state index in [1.807, 2.05) is 0 Å². The van der Waals surface area contributed by atoms with Gasteiger partial charge in [-0.25, -0.2) is 22.5 Å². The van der Waals surface area contributed by atoms with Crippen molar-refractivity contribution in [2.75, 3.05) is 5.32 Å². The van der Waals surface area contributed by atoms with Gasteiger partial charge < -0.3 is 9.88 Å². The summed E-state index contributed by atoms with van der Waals surface area (Å²) in [6.07, 6.45) is 3.15. The van der Waals surface area contributed by atoms with Gasteiger partial charge in [-0.1, -0.05) is 6.08 Å². The Morgan fingerprint density at radius 3 is 2.40 bits per heavy atom. The summed E-state index contributed by atoms with van der Waals surface area (Å²) in [5.41, 5.74) is -0.342. The highest BCUT2D eigenvalue weighted by molar-refractivity contribution is 5.56. The fraction of sp³-hybridized carbons (Fsp3) is 0.154. The van der Waals surface area contributed by atoms with Crippen molar-refractivity contribution < 1.29 is 17.6 Å². The monoisotopic (exact) mass is 285 g/mol. The Bertz CT molecular complexity index is 638. The van der Waals surface area contributed by atoms with Gasteiger partial charge in [0.25, 0.3) is 0 Å². The van der Waals surface area contributed by atoms with Gasteiger partial charge in [0.05, 0.1) is 5.69 Å². The van der Waals surface area contributed by atoms with E-state index in [2.05, 4.69) is 16.9 Å². The maximum atomic E-state index is 13.6. The molecule has 2 rings (SSSR count). The Morgan fingerprint density at radius 1 is 1.25 bits per heavy atom. The molecule has 0 amide bonds. The van der Waals surface area contributed by atoms with E-state index in [1.165, 1.54) is 4.57 Å². The number of anilines is 2. The highest BCUT2D eigenvalue weighted by Crippen LogP contribution is 2.27. The van der Waals surface area contributed by atoms with Gasteiger partial charge in [0.1, 0.15) is 5.69 Å². The summed E-state index contributed by atoms with van der Waals surface area (Å²) in [4.78, 5) is 3.99. The number of rotatable bonds is 4. The molecule has 0 bridgehead atoms. The second-order valence-electron chi connectivity index (χ2n) is 4.12. The topological polar surface area (TPSA) is 29.9 Å². The minimum atomic E-state index is -1.50. The van der Waals surface area contributed by atoms with Crippen LogP contribution in [0.15, 0.2) is 24.9 Å². The average molecular weight is 285 g/mol. The lowest BCUT2D eigenvalue weighted by molar-refractivity contribution is 0.459. The van der Waals surface area contributed by atoms with E-state index < -0.39 is 29.0 Å². The number of imidazole rings is 1. The minimum Gasteiger partial charge on any atom is -0.320 e. The zero-order valence-corrected chi connectivity index (χ0v) is 10.6. The summed E-state index contributed by atoms with van der Waals surface area (Å²) in [5.74, 6) is -5.91. The van der Waals surface area contributed by atoms with Crippen LogP contribution in [0.5, 0.6) is 0 Å². The van der Waals surface area contributed by atoms with Crippen molar-refractivity contribution in [2.45, 2.75) is 13.5 Å². The molecule has 3 nitrogen and oxygen atoms in total. The molecule has 0 spiro atoms. The molecule has 1 heterocycles. The van der Waals surface area contributed by atoms with Crippen LogP contribution in [0.3, 0.4) is 0 Å². The van der Waals surface area contributed by atoms with Crippen LogP contribution >= 0.6 is 0 Å². The van der Waals surface area contributed by atoms with Crippen molar-refractivity contribution in [3.63, 3.8) is 0 Å². The van der Waals surface area contributed by atoms with E-state index in [0.29, 0.717) is 12.2 Å². The van der Waals surface area contributed by atoms with Crippen LogP contribution in [0.25, 0.3) is 0 Å². The van der Waals surface area contributed by atoms with Gasteiger partial charge in [-0.05, 0) is 6.92 Å². The lowest BCUT2D eigenvalue weighted by Crippen LogP contribution is -2.07. The van der Waals surface area contributed by atoms with Crippen LogP contribution < -0.4 is 5.32 Å². The van der Waals surface area contributed by atoms with Gasteiger partial charge in [-0.3, -0.25) is 0 Å². The number of nitrogens with one attached hydrogen (secondary N) is 1. The molecule has 0 saturated heterocycles. The van der Waals surface area contributed by atoms with Crippen LogP contribution in [0.4, 0.5) is 29.2 Å². The van der Waals surface area contributed by atoms with Crippen molar-refractivity contribution in [2.24, 2.45) is 0 Å². The highest BCUT2D eigenvalue weighted by Gasteiger charge is 2.20. The number of aromatic nitrogens is 2. The molecular formula is C13H11F4N3. The maximum absolute atomic E-state index is 13.6. The first kappa shape index (κ1) is 14.1. The average Bonchev–Trinajstić information content (AvgIpc) is 2.73. The summed E-state index contributed by atoms with van der Waals surface area (Å²) in [7, 11) is 0. The predicted octanol–water partition coefficient (Wildman–Crippen LogP) is 3.68. The number of benzene rings is 1. The SMILES string of the molecule is C=CCn1cc(C)nc1Nc1c(F)c(F)cc(F)c1F. The van der Waals surface area contributed by atoms with E-state index in [4.69, 9.17) is 0 Å². The number of aryl methyl sites for hydroxylation is 1. The Kier molecular flexibility index (Phi) is 3.78. The minimum absolute atomic E-state index is 0.0604. The van der Waals surface area contributed by atoms with E-state index in [9.17, 15) is 17.6 Å². The molecule has 106 valence electrons. The molecule has 0 atom stereocenters. The number of nitrogens with zero attached hydrogens (tertiary/aromatic N) is 2. The third-order valence-corrected chi connectivity index (χ3v) is 2.57. The van der Waals surface area contributed by atoms with Crippen molar-refractivity contribution in [1.29, 1.82) is 0 Å². The molecule has 20 heavy (non-hydrogen) atoms. The molecular weight excluding hydrogens is 274 g/mol. The Morgan fingerprint density at radius 2 is 1.85 bits per heavy atom. The van der Waals surface area contributed by atoms with Gasteiger partial charge in [0.2, 0.25) is 5.95 Å². The highest BCUT2D eigenvalue weighted by atomic mass is 19.2. The van der Waals surface area contributed by atoms with Gasteiger partial charge >= 0.3 is 0 Å². The van der Waals surface area contributed by atoms with Crippen LogP contribution in [-0.2, 0) is 6.54 Å². The van der Waals surface area contributed by atoms with Crippen molar-refractivity contribution in [3.8, 4) is 0 Å². The fourth-order valence-electron chi connectivity index (χ4n) is 1.72. The third-order valence-electron chi connectivity index (χ3n) is 2.57. The van der Waals surface area contributed by atoms with Crippen LogP contribution in [0, 0.1) is 30.2 Å². The zero-order valence-electron chi connectivity index (χ0n) is 10.6. The molecule has 1 N–H and O–H groups in total. The largest absolute Gasteiger partial charge is 0.320 e. The molecule has 0 aliphatic heterocycles. The van der Waals surface area contributed by atoms with Crippen molar-refractivity contribution >= 4 is 11.6 Å². The van der Waals surface area contributed by atoms with E-state index in [0.717, 1.165) is 0 Å². The smallest absolute Gasteiger partial charge is 0.208 e. The molecule has 7 heteroatoms. The molecule has 0 radical (unpaired) electrons. The Balaban J connectivity index is 2.47. The van der Waals surface area contributed by atoms with Crippen molar-refractivity contribution in [1.82, 2.24) is 9.55 Å². The summed E-state index contributed by atoms with van der Waals surface area (Å²) in [6.45, 7) is 5.53. The van der Waals surface area contributed by atoms with E-state index in [1.54, 1.807) is 19.2 Å².